The highest BCUT2D eigenvalue weighted by atomic mass is 16.5. The van der Waals surface area contributed by atoms with Crippen LogP contribution < -0.4 is 4.74 Å². The monoisotopic (exact) mass is 240 g/mol. The molecule has 92 valence electrons. The fraction of sp³-hybridized carbons (Fsp3) is 0.188. The van der Waals surface area contributed by atoms with Crippen LogP contribution in [0.1, 0.15) is 21.5 Å². The van der Waals surface area contributed by atoms with Gasteiger partial charge in [0.15, 0.2) is 0 Å². The van der Waals surface area contributed by atoms with Crippen molar-refractivity contribution in [2.24, 2.45) is 0 Å². The van der Waals surface area contributed by atoms with Crippen molar-refractivity contribution in [2.75, 3.05) is 7.11 Å². The van der Waals surface area contributed by atoms with Crippen LogP contribution in [-0.4, -0.2) is 13.4 Å². The van der Waals surface area contributed by atoms with E-state index in [2.05, 4.69) is 6.07 Å². The van der Waals surface area contributed by atoms with Crippen LogP contribution in [0.3, 0.4) is 0 Å². The predicted molar refractivity (Wildman–Crippen MR) is 73.3 cm³/mol. The summed E-state index contributed by atoms with van der Waals surface area (Å²) in [5, 5.41) is 0. The molecule has 2 heteroatoms. The summed E-state index contributed by atoms with van der Waals surface area (Å²) in [6.45, 7) is 4.08. The number of ether oxygens (including phenoxy) is 1. The first-order chi connectivity index (χ1) is 8.65. The fourth-order valence-corrected chi connectivity index (χ4v) is 2.04. The number of carbonyl (C=O) groups excluding carboxylic acids is 1. The van der Waals surface area contributed by atoms with Crippen molar-refractivity contribution in [1.82, 2.24) is 0 Å². The van der Waals surface area contributed by atoms with Gasteiger partial charge in [0.25, 0.3) is 0 Å². The third-order valence-corrected chi connectivity index (χ3v) is 3.04. The largest absolute Gasteiger partial charge is 0.496 e. The molecule has 18 heavy (non-hydrogen) atoms. The van der Waals surface area contributed by atoms with Gasteiger partial charge in [0.2, 0.25) is 0 Å². The third-order valence-electron chi connectivity index (χ3n) is 3.04. The lowest BCUT2D eigenvalue weighted by Gasteiger charge is -2.12. The second kappa shape index (κ2) is 5.05. The third kappa shape index (κ3) is 2.28. The lowest BCUT2D eigenvalue weighted by molar-refractivity contribution is 0.112. The Labute approximate surface area is 107 Å². The Kier molecular flexibility index (Phi) is 3.47. The minimum Gasteiger partial charge on any atom is -0.496 e. The topological polar surface area (TPSA) is 26.3 Å². The van der Waals surface area contributed by atoms with E-state index in [1.54, 1.807) is 7.11 Å². The Balaban J connectivity index is 2.67. The summed E-state index contributed by atoms with van der Waals surface area (Å²) in [5.74, 6) is 0.826. The van der Waals surface area contributed by atoms with Crippen molar-refractivity contribution >= 4 is 6.29 Å². The van der Waals surface area contributed by atoms with Crippen LogP contribution in [0, 0.1) is 13.8 Å². The second-order valence-electron chi connectivity index (χ2n) is 4.40. The zero-order valence-corrected chi connectivity index (χ0v) is 10.9. The van der Waals surface area contributed by atoms with Crippen molar-refractivity contribution in [1.29, 1.82) is 0 Å². The van der Waals surface area contributed by atoms with E-state index in [1.807, 2.05) is 44.2 Å². The Morgan fingerprint density at radius 1 is 1.00 bits per heavy atom. The van der Waals surface area contributed by atoms with Gasteiger partial charge in [0, 0.05) is 11.1 Å². The molecule has 0 aliphatic rings. The normalized spacial score (nSPS) is 10.2. The van der Waals surface area contributed by atoms with E-state index in [9.17, 15) is 4.79 Å². The van der Waals surface area contributed by atoms with Gasteiger partial charge < -0.3 is 4.74 Å². The molecule has 2 aromatic carbocycles. The maximum atomic E-state index is 10.9. The summed E-state index contributed by atoms with van der Waals surface area (Å²) in [4.78, 5) is 10.9. The first kappa shape index (κ1) is 12.4. The molecule has 0 fully saturated rings. The molecule has 0 saturated carbocycles. The summed E-state index contributed by atoms with van der Waals surface area (Å²) in [6.07, 6.45) is 0.866. The number of aldehydes is 1. The van der Waals surface area contributed by atoms with E-state index >= 15 is 0 Å². The number of hydrogen-bond acceptors (Lipinski definition) is 2. The van der Waals surface area contributed by atoms with E-state index in [0.717, 1.165) is 28.7 Å². The van der Waals surface area contributed by atoms with Gasteiger partial charge in [-0.2, -0.15) is 0 Å². The predicted octanol–water partition coefficient (Wildman–Crippen LogP) is 3.79. The van der Waals surface area contributed by atoms with Gasteiger partial charge in [-0.25, -0.2) is 0 Å². The molecule has 0 aliphatic heterocycles. The number of rotatable bonds is 3. The van der Waals surface area contributed by atoms with Crippen LogP contribution in [-0.2, 0) is 0 Å². The molecule has 0 N–H and O–H groups in total. The SMILES string of the molecule is COc1ccc(C)cc1-c1cc(C=O)ccc1C. The Bertz CT molecular complexity index is 586. The summed E-state index contributed by atoms with van der Waals surface area (Å²) in [6, 6.07) is 11.7. The summed E-state index contributed by atoms with van der Waals surface area (Å²) >= 11 is 0. The first-order valence-electron chi connectivity index (χ1n) is 5.86. The van der Waals surface area contributed by atoms with Crippen LogP contribution in [0.25, 0.3) is 11.1 Å². The van der Waals surface area contributed by atoms with Gasteiger partial charge in [0.05, 0.1) is 7.11 Å². The summed E-state index contributed by atoms with van der Waals surface area (Å²) < 4.78 is 5.39. The molecular formula is C16H16O2. The number of carbonyl (C=O) groups is 1. The molecule has 0 aromatic heterocycles. The molecule has 0 amide bonds. The average Bonchev–Trinajstić information content (AvgIpc) is 2.39. The summed E-state index contributed by atoms with van der Waals surface area (Å²) in [5.41, 5.74) is 5.05. The number of benzene rings is 2. The molecule has 2 rings (SSSR count). The van der Waals surface area contributed by atoms with E-state index in [-0.39, 0.29) is 0 Å². The minimum absolute atomic E-state index is 0.680. The molecule has 0 radical (unpaired) electrons. The first-order valence-corrected chi connectivity index (χ1v) is 5.86. The minimum atomic E-state index is 0.680. The maximum Gasteiger partial charge on any atom is 0.150 e. The van der Waals surface area contributed by atoms with Crippen LogP contribution >= 0.6 is 0 Å². The van der Waals surface area contributed by atoms with Crippen molar-refractivity contribution in [3.05, 3.63) is 53.1 Å². The van der Waals surface area contributed by atoms with Crippen molar-refractivity contribution < 1.29 is 9.53 Å². The van der Waals surface area contributed by atoms with E-state index in [4.69, 9.17) is 4.74 Å². The van der Waals surface area contributed by atoms with E-state index in [1.165, 1.54) is 5.56 Å². The molecule has 0 saturated heterocycles. The Morgan fingerprint density at radius 2 is 1.78 bits per heavy atom. The lowest BCUT2D eigenvalue weighted by Crippen LogP contribution is -1.92. The molecular weight excluding hydrogens is 224 g/mol. The highest BCUT2D eigenvalue weighted by molar-refractivity contribution is 5.82. The number of methoxy groups -OCH3 is 1. The lowest BCUT2D eigenvalue weighted by atomic mass is 9.96. The fourth-order valence-electron chi connectivity index (χ4n) is 2.04. The van der Waals surface area contributed by atoms with E-state index in [0.29, 0.717) is 5.56 Å². The highest BCUT2D eigenvalue weighted by Gasteiger charge is 2.09. The Hall–Kier alpha value is -2.09. The van der Waals surface area contributed by atoms with Gasteiger partial charge in [-0.15, -0.1) is 0 Å². The molecule has 2 aromatic rings. The van der Waals surface area contributed by atoms with Gasteiger partial charge in [0.1, 0.15) is 12.0 Å². The smallest absolute Gasteiger partial charge is 0.150 e. The van der Waals surface area contributed by atoms with Gasteiger partial charge in [-0.05, 0) is 43.2 Å². The second-order valence-corrected chi connectivity index (χ2v) is 4.40. The van der Waals surface area contributed by atoms with E-state index < -0.39 is 0 Å². The molecule has 0 atom stereocenters. The van der Waals surface area contributed by atoms with Gasteiger partial charge in [-0.3, -0.25) is 4.79 Å². The average molecular weight is 240 g/mol. The molecule has 0 spiro atoms. The van der Waals surface area contributed by atoms with Crippen LogP contribution in [0.5, 0.6) is 5.75 Å². The molecule has 2 nitrogen and oxygen atoms in total. The van der Waals surface area contributed by atoms with Crippen molar-refractivity contribution in [3.63, 3.8) is 0 Å². The Morgan fingerprint density at radius 3 is 2.44 bits per heavy atom. The number of hydrogen-bond donors (Lipinski definition) is 0. The zero-order chi connectivity index (χ0) is 13.1. The standard InChI is InChI=1S/C16H16O2/c1-11-4-7-16(18-3)15(8-11)14-9-13(10-17)6-5-12(14)2/h4-10H,1-3H3. The maximum absolute atomic E-state index is 10.9. The highest BCUT2D eigenvalue weighted by Crippen LogP contribution is 2.33. The molecule has 0 heterocycles. The molecule has 0 unspecified atom stereocenters. The van der Waals surface area contributed by atoms with Crippen molar-refractivity contribution in [2.45, 2.75) is 13.8 Å². The molecule has 0 aliphatic carbocycles. The van der Waals surface area contributed by atoms with Crippen LogP contribution in [0.4, 0.5) is 0 Å². The number of aryl methyl sites for hydroxylation is 2. The van der Waals surface area contributed by atoms with Crippen LogP contribution in [0.15, 0.2) is 36.4 Å². The zero-order valence-electron chi connectivity index (χ0n) is 10.9. The van der Waals surface area contributed by atoms with Gasteiger partial charge in [-0.1, -0.05) is 23.8 Å². The quantitative estimate of drug-likeness (QED) is 0.763. The van der Waals surface area contributed by atoms with Crippen LogP contribution in [0.2, 0.25) is 0 Å². The molecule has 0 bridgehead atoms. The summed E-state index contributed by atoms with van der Waals surface area (Å²) in [7, 11) is 1.66. The van der Waals surface area contributed by atoms with Gasteiger partial charge >= 0.3 is 0 Å². The van der Waals surface area contributed by atoms with Crippen molar-refractivity contribution in [3.8, 4) is 16.9 Å².